The fourth-order valence-corrected chi connectivity index (χ4v) is 3.21. The number of carbonyl (C=O) groups excluding carboxylic acids is 2. The van der Waals surface area contributed by atoms with Crippen molar-refractivity contribution in [3.63, 3.8) is 0 Å². The van der Waals surface area contributed by atoms with Gasteiger partial charge in [0.2, 0.25) is 0 Å². The normalized spacial score (nSPS) is 11.0. The van der Waals surface area contributed by atoms with E-state index >= 15 is 0 Å². The first-order valence-corrected chi connectivity index (χ1v) is 9.10. The molecule has 2 heterocycles. The highest BCUT2D eigenvalue weighted by molar-refractivity contribution is 7.13. The van der Waals surface area contributed by atoms with Crippen LogP contribution in [0.5, 0.6) is 0 Å². The molecule has 0 saturated heterocycles. The predicted molar refractivity (Wildman–Crippen MR) is 107 cm³/mol. The van der Waals surface area contributed by atoms with Crippen LogP contribution in [-0.2, 0) is 19.1 Å². The van der Waals surface area contributed by atoms with Gasteiger partial charge in [-0.15, -0.1) is 11.3 Å². The highest BCUT2D eigenvalue weighted by Crippen LogP contribution is 2.30. The van der Waals surface area contributed by atoms with Gasteiger partial charge in [-0.2, -0.15) is 0 Å². The zero-order valence-corrected chi connectivity index (χ0v) is 16.0. The molecule has 3 rings (SSSR count). The molecule has 0 atom stereocenters. The molecule has 0 fully saturated rings. The highest BCUT2D eigenvalue weighted by atomic mass is 32.1. The lowest BCUT2D eigenvalue weighted by atomic mass is 10.2. The molecular weight excluding hydrogens is 378 g/mol. The number of nitrogens with one attached hydrogen (secondary N) is 1. The third kappa shape index (κ3) is 4.60. The third-order valence-corrected chi connectivity index (χ3v) is 4.63. The van der Waals surface area contributed by atoms with Gasteiger partial charge in [-0.05, 0) is 24.3 Å². The molecule has 0 amide bonds. The van der Waals surface area contributed by atoms with Crippen molar-refractivity contribution in [2.24, 2.45) is 0 Å². The first-order chi connectivity index (χ1) is 13.6. The van der Waals surface area contributed by atoms with Gasteiger partial charge in [0.15, 0.2) is 0 Å². The van der Waals surface area contributed by atoms with Crippen LogP contribution in [0, 0.1) is 0 Å². The van der Waals surface area contributed by atoms with Gasteiger partial charge in [0.1, 0.15) is 10.7 Å². The van der Waals surface area contributed by atoms with E-state index in [0.29, 0.717) is 5.69 Å². The fraction of sp³-hybridized carbons (Fsp3) is 0.100. The SMILES string of the molecule is COC(=O)/C=C(/Nc1cccc(-c2nc(-c3ccncc3)cs2)c1)C(=O)OC. The number of anilines is 1. The number of methoxy groups -OCH3 is 2. The van der Waals surface area contributed by atoms with Crippen LogP contribution < -0.4 is 5.32 Å². The molecule has 0 radical (unpaired) electrons. The first-order valence-electron chi connectivity index (χ1n) is 8.22. The number of rotatable bonds is 6. The van der Waals surface area contributed by atoms with Crippen molar-refractivity contribution in [3.8, 4) is 21.8 Å². The Morgan fingerprint density at radius 3 is 2.57 bits per heavy atom. The van der Waals surface area contributed by atoms with Crippen molar-refractivity contribution in [2.75, 3.05) is 19.5 Å². The highest BCUT2D eigenvalue weighted by Gasteiger charge is 2.14. The summed E-state index contributed by atoms with van der Waals surface area (Å²) in [4.78, 5) is 32.1. The second-order valence-corrected chi connectivity index (χ2v) is 6.41. The predicted octanol–water partition coefficient (Wildman–Crippen LogP) is 3.51. The van der Waals surface area contributed by atoms with Crippen molar-refractivity contribution in [1.29, 1.82) is 0 Å². The minimum absolute atomic E-state index is 0.0249. The van der Waals surface area contributed by atoms with Gasteiger partial charge in [-0.1, -0.05) is 12.1 Å². The van der Waals surface area contributed by atoms with Crippen molar-refractivity contribution in [1.82, 2.24) is 9.97 Å². The number of pyridine rings is 1. The van der Waals surface area contributed by atoms with Crippen LogP contribution in [0.15, 0.2) is 65.9 Å². The topological polar surface area (TPSA) is 90.4 Å². The molecule has 8 heteroatoms. The van der Waals surface area contributed by atoms with Gasteiger partial charge in [0.25, 0.3) is 0 Å². The number of hydrogen-bond donors (Lipinski definition) is 1. The molecule has 0 aliphatic rings. The van der Waals surface area contributed by atoms with Gasteiger partial charge in [-0.3, -0.25) is 4.98 Å². The molecule has 28 heavy (non-hydrogen) atoms. The molecule has 0 aliphatic carbocycles. The molecule has 0 spiro atoms. The zero-order valence-electron chi connectivity index (χ0n) is 15.2. The van der Waals surface area contributed by atoms with Crippen LogP contribution in [-0.4, -0.2) is 36.1 Å². The Kier molecular flexibility index (Phi) is 6.13. The Bertz CT molecular complexity index is 1020. The maximum Gasteiger partial charge on any atom is 0.354 e. The summed E-state index contributed by atoms with van der Waals surface area (Å²) >= 11 is 1.51. The first kappa shape index (κ1) is 19.2. The summed E-state index contributed by atoms with van der Waals surface area (Å²) in [5, 5.41) is 5.70. The summed E-state index contributed by atoms with van der Waals surface area (Å²) in [5.41, 5.74) is 3.31. The quantitative estimate of drug-likeness (QED) is 0.504. The summed E-state index contributed by atoms with van der Waals surface area (Å²) in [5.74, 6) is -1.34. The molecule has 2 aromatic heterocycles. The molecule has 0 saturated carbocycles. The van der Waals surface area contributed by atoms with E-state index in [0.717, 1.165) is 27.9 Å². The molecule has 0 aliphatic heterocycles. The molecule has 142 valence electrons. The van der Waals surface area contributed by atoms with Crippen LogP contribution in [0.1, 0.15) is 0 Å². The Balaban J connectivity index is 1.86. The molecule has 7 nitrogen and oxygen atoms in total. The van der Waals surface area contributed by atoms with Crippen LogP contribution in [0.2, 0.25) is 0 Å². The minimum atomic E-state index is -0.676. The van der Waals surface area contributed by atoms with Gasteiger partial charge >= 0.3 is 11.9 Å². The third-order valence-electron chi connectivity index (χ3n) is 3.74. The average molecular weight is 395 g/mol. The Morgan fingerprint density at radius 2 is 1.86 bits per heavy atom. The maximum absolute atomic E-state index is 11.9. The van der Waals surface area contributed by atoms with Crippen molar-refractivity contribution in [2.45, 2.75) is 0 Å². The lowest BCUT2D eigenvalue weighted by molar-refractivity contribution is -0.138. The molecular formula is C20H17N3O4S. The van der Waals surface area contributed by atoms with E-state index in [1.807, 2.05) is 35.7 Å². The summed E-state index contributed by atoms with van der Waals surface area (Å²) in [6.45, 7) is 0. The van der Waals surface area contributed by atoms with E-state index in [1.165, 1.54) is 25.6 Å². The van der Waals surface area contributed by atoms with E-state index in [-0.39, 0.29) is 5.70 Å². The van der Waals surface area contributed by atoms with Gasteiger partial charge in [-0.25, -0.2) is 14.6 Å². The summed E-state index contributed by atoms with van der Waals surface area (Å²) in [6.07, 6.45) is 4.49. The lowest BCUT2D eigenvalue weighted by Crippen LogP contribution is -2.15. The zero-order chi connectivity index (χ0) is 19.9. The Morgan fingerprint density at radius 1 is 1.07 bits per heavy atom. The Hall–Kier alpha value is -3.52. The number of aromatic nitrogens is 2. The maximum atomic E-state index is 11.9. The molecule has 0 unspecified atom stereocenters. The van der Waals surface area contributed by atoms with E-state index in [1.54, 1.807) is 18.5 Å². The minimum Gasteiger partial charge on any atom is -0.466 e. The standard InChI is InChI=1S/C20H17N3O4S/c1-26-18(24)11-16(20(25)27-2)22-15-5-3-4-14(10-15)19-23-17(12-28-19)13-6-8-21-9-7-13/h3-12,22H,1-2H3/b16-11+. The van der Waals surface area contributed by atoms with E-state index in [4.69, 9.17) is 4.74 Å². The number of hydrogen-bond acceptors (Lipinski definition) is 8. The lowest BCUT2D eigenvalue weighted by Gasteiger charge is -2.10. The molecule has 1 aromatic carbocycles. The van der Waals surface area contributed by atoms with E-state index in [9.17, 15) is 9.59 Å². The van der Waals surface area contributed by atoms with Crippen molar-refractivity contribution in [3.05, 3.63) is 65.9 Å². The number of esters is 2. The largest absolute Gasteiger partial charge is 0.466 e. The molecule has 3 aromatic rings. The number of nitrogens with zero attached hydrogens (tertiary/aromatic N) is 2. The molecule has 0 bridgehead atoms. The number of thiazole rings is 1. The van der Waals surface area contributed by atoms with Crippen molar-refractivity contribution >= 4 is 29.0 Å². The second kappa shape index (κ2) is 8.92. The van der Waals surface area contributed by atoms with Gasteiger partial charge in [0.05, 0.1) is 26.0 Å². The Labute approximate surface area is 165 Å². The van der Waals surface area contributed by atoms with E-state index < -0.39 is 11.9 Å². The van der Waals surface area contributed by atoms with Gasteiger partial charge in [0, 0.05) is 34.6 Å². The number of carbonyl (C=O) groups is 2. The van der Waals surface area contributed by atoms with Crippen LogP contribution in [0.4, 0.5) is 5.69 Å². The summed E-state index contributed by atoms with van der Waals surface area (Å²) < 4.78 is 9.28. The number of ether oxygens (including phenoxy) is 2. The summed E-state index contributed by atoms with van der Waals surface area (Å²) in [7, 11) is 2.47. The van der Waals surface area contributed by atoms with Crippen LogP contribution in [0.25, 0.3) is 21.8 Å². The van der Waals surface area contributed by atoms with Crippen LogP contribution in [0.3, 0.4) is 0 Å². The van der Waals surface area contributed by atoms with Gasteiger partial charge < -0.3 is 14.8 Å². The molecule has 1 N–H and O–H groups in total. The second-order valence-electron chi connectivity index (χ2n) is 5.55. The number of benzene rings is 1. The van der Waals surface area contributed by atoms with Crippen LogP contribution >= 0.6 is 11.3 Å². The fourth-order valence-electron chi connectivity index (χ4n) is 2.38. The van der Waals surface area contributed by atoms with E-state index in [2.05, 4.69) is 20.0 Å². The smallest absolute Gasteiger partial charge is 0.354 e. The summed E-state index contributed by atoms with van der Waals surface area (Å²) in [6, 6.07) is 11.2. The monoisotopic (exact) mass is 395 g/mol. The average Bonchev–Trinajstić information content (AvgIpc) is 3.24. The van der Waals surface area contributed by atoms with Crippen molar-refractivity contribution < 1.29 is 19.1 Å².